The molecule has 1 amide bonds. The molecule has 3 rings (SSSR count). The van der Waals surface area contributed by atoms with Crippen LogP contribution in [0.2, 0.25) is 0 Å². The Kier molecular flexibility index (Phi) is 6.96. The Morgan fingerprint density at radius 1 is 1.17 bits per heavy atom. The van der Waals surface area contributed by atoms with E-state index in [1.807, 2.05) is 13.8 Å². The lowest BCUT2D eigenvalue weighted by Crippen LogP contribution is -2.48. The smallest absolute Gasteiger partial charge is 0.253 e. The fourth-order valence-electron chi connectivity index (χ4n) is 3.46. The Morgan fingerprint density at radius 2 is 1.77 bits per heavy atom. The summed E-state index contributed by atoms with van der Waals surface area (Å²) < 4.78 is 47.6. The van der Waals surface area contributed by atoms with Gasteiger partial charge in [0.05, 0.1) is 17.1 Å². The molecule has 6 nitrogen and oxygen atoms in total. The molecule has 1 fully saturated rings. The van der Waals surface area contributed by atoms with Crippen LogP contribution >= 0.6 is 15.9 Å². The third kappa shape index (κ3) is 5.08. The molecule has 0 bridgehead atoms. The molecule has 1 saturated heterocycles. The summed E-state index contributed by atoms with van der Waals surface area (Å²) in [5, 5.41) is 0. The highest BCUT2D eigenvalue weighted by Crippen LogP contribution is 2.22. The van der Waals surface area contributed by atoms with Crippen molar-refractivity contribution in [2.75, 3.05) is 20.1 Å². The van der Waals surface area contributed by atoms with E-state index in [4.69, 9.17) is 4.74 Å². The van der Waals surface area contributed by atoms with Gasteiger partial charge in [-0.2, -0.15) is 4.31 Å². The van der Waals surface area contributed by atoms with Crippen LogP contribution in [-0.2, 0) is 21.3 Å². The second-order valence-corrected chi connectivity index (χ2v) is 10.4. The number of amides is 1. The number of halogens is 2. The lowest BCUT2D eigenvalue weighted by Gasteiger charge is -2.34. The molecule has 2 atom stereocenters. The van der Waals surface area contributed by atoms with Crippen molar-refractivity contribution in [3.05, 3.63) is 63.9 Å². The van der Waals surface area contributed by atoms with Crippen LogP contribution in [0.5, 0.6) is 0 Å². The van der Waals surface area contributed by atoms with Gasteiger partial charge in [0.15, 0.2) is 0 Å². The van der Waals surface area contributed by atoms with Gasteiger partial charge >= 0.3 is 0 Å². The van der Waals surface area contributed by atoms with E-state index in [2.05, 4.69) is 15.9 Å². The van der Waals surface area contributed by atoms with Gasteiger partial charge in [-0.3, -0.25) is 4.79 Å². The SMILES string of the molecule is CC1CN(S(=O)(=O)c2ccc(C(=O)N(C)Cc3cc(Br)ccc3F)cc2)CC(C)O1. The van der Waals surface area contributed by atoms with Crippen LogP contribution in [-0.4, -0.2) is 55.9 Å². The first-order valence-corrected chi connectivity index (χ1v) is 11.8. The van der Waals surface area contributed by atoms with Crippen LogP contribution in [0.25, 0.3) is 0 Å². The Bertz CT molecular complexity index is 1020. The molecule has 9 heteroatoms. The van der Waals surface area contributed by atoms with Crippen molar-refractivity contribution in [1.82, 2.24) is 9.21 Å². The number of hydrogen-bond acceptors (Lipinski definition) is 4. The first-order chi connectivity index (χ1) is 14.1. The summed E-state index contributed by atoms with van der Waals surface area (Å²) in [5.74, 6) is -0.722. The fraction of sp³-hybridized carbons (Fsp3) is 0.381. The number of carbonyl (C=O) groups is 1. The second kappa shape index (κ2) is 9.13. The Morgan fingerprint density at radius 3 is 2.37 bits per heavy atom. The minimum absolute atomic E-state index is 0.0910. The molecule has 1 aliphatic rings. The van der Waals surface area contributed by atoms with Crippen LogP contribution in [0.4, 0.5) is 4.39 Å². The largest absolute Gasteiger partial charge is 0.373 e. The van der Waals surface area contributed by atoms with Gasteiger partial charge in [0.25, 0.3) is 5.91 Å². The molecular weight excluding hydrogens is 475 g/mol. The molecule has 0 radical (unpaired) electrons. The van der Waals surface area contributed by atoms with Gasteiger partial charge in [-0.1, -0.05) is 15.9 Å². The quantitative estimate of drug-likeness (QED) is 0.630. The molecule has 0 saturated carbocycles. The molecule has 2 unspecified atom stereocenters. The number of nitrogens with zero attached hydrogens (tertiary/aromatic N) is 2. The number of morpholine rings is 1. The summed E-state index contributed by atoms with van der Waals surface area (Å²) in [5.41, 5.74) is 0.713. The minimum Gasteiger partial charge on any atom is -0.373 e. The lowest BCUT2D eigenvalue weighted by molar-refractivity contribution is -0.0440. The van der Waals surface area contributed by atoms with Gasteiger partial charge < -0.3 is 9.64 Å². The van der Waals surface area contributed by atoms with E-state index in [1.54, 1.807) is 19.2 Å². The monoisotopic (exact) mass is 498 g/mol. The van der Waals surface area contributed by atoms with E-state index in [-0.39, 0.29) is 42.6 Å². The zero-order valence-corrected chi connectivity index (χ0v) is 19.4. The molecule has 1 aliphatic heterocycles. The van der Waals surface area contributed by atoms with E-state index in [0.29, 0.717) is 11.1 Å². The zero-order chi connectivity index (χ0) is 22.1. The van der Waals surface area contributed by atoms with E-state index in [0.717, 1.165) is 4.47 Å². The van der Waals surface area contributed by atoms with Crippen molar-refractivity contribution < 1.29 is 22.3 Å². The first kappa shape index (κ1) is 22.9. The third-order valence-electron chi connectivity index (χ3n) is 4.89. The average molecular weight is 499 g/mol. The maximum atomic E-state index is 14.0. The van der Waals surface area contributed by atoms with Gasteiger partial charge in [-0.05, 0) is 56.3 Å². The molecule has 1 heterocycles. The van der Waals surface area contributed by atoms with Crippen LogP contribution < -0.4 is 0 Å². The molecule has 2 aromatic rings. The van der Waals surface area contributed by atoms with Gasteiger partial charge in [0.2, 0.25) is 10.0 Å². The van der Waals surface area contributed by atoms with Crippen LogP contribution in [0, 0.1) is 5.82 Å². The average Bonchev–Trinajstić information content (AvgIpc) is 2.69. The fourth-order valence-corrected chi connectivity index (χ4v) is 5.46. The summed E-state index contributed by atoms with van der Waals surface area (Å²) in [6.07, 6.45) is -0.368. The van der Waals surface area contributed by atoms with Crippen LogP contribution in [0.15, 0.2) is 51.8 Å². The molecule has 2 aromatic carbocycles. The van der Waals surface area contributed by atoms with Crippen LogP contribution in [0.1, 0.15) is 29.8 Å². The third-order valence-corrected chi connectivity index (χ3v) is 7.23. The summed E-state index contributed by atoms with van der Waals surface area (Å²) in [6, 6.07) is 10.4. The number of hydrogen-bond donors (Lipinski definition) is 0. The lowest BCUT2D eigenvalue weighted by atomic mass is 10.1. The second-order valence-electron chi connectivity index (χ2n) is 7.50. The van der Waals surface area contributed by atoms with Gasteiger partial charge in [-0.25, -0.2) is 12.8 Å². The predicted molar refractivity (Wildman–Crippen MR) is 115 cm³/mol. The number of benzene rings is 2. The highest BCUT2D eigenvalue weighted by atomic mass is 79.9. The number of carbonyl (C=O) groups excluding carboxylic acids is 1. The molecule has 0 aliphatic carbocycles. The molecular formula is C21H24BrFN2O4S. The van der Waals surface area contributed by atoms with Crippen molar-refractivity contribution >= 4 is 31.9 Å². The van der Waals surface area contributed by atoms with Gasteiger partial charge in [-0.15, -0.1) is 0 Å². The zero-order valence-electron chi connectivity index (χ0n) is 17.0. The van der Waals surface area contributed by atoms with Crippen molar-refractivity contribution in [2.45, 2.75) is 37.5 Å². The standard InChI is InChI=1S/C21H24BrFN2O4S/c1-14-11-25(12-15(2)29-14)30(27,28)19-7-4-16(5-8-19)21(26)24(3)13-17-10-18(22)6-9-20(17)23/h4-10,14-15H,11-13H2,1-3H3. The van der Waals surface area contributed by atoms with E-state index >= 15 is 0 Å². The summed E-state index contributed by atoms with van der Waals surface area (Å²) in [7, 11) is -2.10. The summed E-state index contributed by atoms with van der Waals surface area (Å²) in [4.78, 5) is 14.2. The highest BCUT2D eigenvalue weighted by Gasteiger charge is 2.32. The number of ether oxygens (including phenoxy) is 1. The van der Waals surface area contributed by atoms with Crippen LogP contribution in [0.3, 0.4) is 0 Å². The maximum absolute atomic E-state index is 14.0. The Labute approximate surface area is 184 Å². The van der Waals surface area contributed by atoms with Crippen molar-refractivity contribution in [1.29, 1.82) is 0 Å². The molecule has 0 spiro atoms. The molecule has 30 heavy (non-hydrogen) atoms. The summed E-state index contributed by atoms with van der Waals surface area (Å²) >= 11 is 3.30. The predicted octanol–water partition coefficient (Wildman–Crippen LogP) is 3.66. The van der Waals surface area contributed by atoms with E-state index < -0.39 is 15.8 Å². The number of rotatable bonds is 5. The maximum Gasteiger partial charge on any atom is 0.253 e. The Hall–Kier alpha value is -1.81. The van der Waals surface area contributed by atoms with Crippen molar-refractivity contribution in [3.63, 3.8) is 0 Å². The van der Waals surface area contributed by atoms with Gasteiger partial charge in [0, 0.05) is 42.3 Å². The van der Waals surface area contributed by atoms with Crippen molar-refractivity contribution in [2.24, 2.45) is 0 Å². The first-order valence-electron chi connectivity index (χ1n) is 9.53. The van der Waals surface area contributed by atoms with Crippen molar-refractivity contribution in [3.8, 4) is 0 Å². The minimum atomic E-state index is -3.68. The Balaban J connectivity index is 1.74. The molecule has 0 aromatic heterocycles. The van der Waals surface area contributed by atoms with E-state index in [9.17, 15) is 17.6 Å². The number of sulfonamides is 1. The molecule has 0 N–H and O–H groups in total. The van der Waals surface area contributed by atoms with Gasteiger partial charge in [0.1, 0.15) is 5.82 Å². The molecule has 162 valence electrons. The highest BCUT2D eigenvalue weighted by molar-refractivity contribution is 9.10. The van der Waals surface area contributed by atoms with E-state index in [1.165, 1.54) is 39.5 Å². The topological polar surface area (TPSA) is 66.9 Å². The summed E-state index contributed by atoms with van der Waals surface area (Å²) in [6.45, 7) is 4.34. The normalized spacial score (nSPS) is 20.2.